The van der Waals surface area contributed by atoms with E-state index in [9.17, 15) is 0 Å². The number of hydrogen-bond donors (Lipinski definition) is 2. The number of hydrogen-bond acceptors (Lipinski definition) is 2. The highest BCUT2D eigenvalue weighted by Gasteiger charge is 2.44. The van der Waals surface area contributed by atoms with Gasteiger partial charge >= 0.3 is 0 Å². The molecule has 0 atom stereocenters. The number of aromatic amines is 2. The van der Waals surface area contributed by atoms with E-state index in [0.717, 1.165) is 58.5 Å². The monoisotopic (exact) mass is 1160 g/mol. The second-order valence-electron chi connectivity index (χ2n) is 27.7. The fraction of sp³-hybridized carbons (Fsp3) is 0.610. The Kier molecular flexibility index (Phi) is 26.0. The molecule has 0 radical (unpaired) electrons. The molecule has 2 N–H and O–H groups in total. The summed E-state index contributed by atoms with van der Waals surface area (Å²) in [5.74, 6) is 0. The van der Waals surface area contributed by atoms with E-state index in [1.54, 1.807) is 0 Å². The smallest absolute Gasteiger partial charge is 0.197 e. The van der Waals surface area contributed by atoms with Gasteiger partial charge in [0.05, 0.1) is 22.1 Å². The molecule has 4 nitrogen and oxygen atoms in total. The molecule has 4 heteroatoms. The van der Waals surface area contributed by atoms with Crippen LogP contribution in [0.2, 0.25) is 0 Å². The summed E-state index contributed by atoms with van der Waals surface area (Å²) < 4.78 is 0. The minimum Gasteiger partial charge on any atom is -0.354 e. The van der Waals surface area contributed by atoms with Crippen molar-refractivity contribution in [2.24, 2.45) is 0 Å². The molecule has 0 fully saturated rings. The summed E-state index contributed by atoms with van der Waals surface area (Å²) in [6.07, 6.45) is 57.8. The van der Waals surface area contributed by atoms with Gasteiger partial charge in [0, 0.05) is 32.4 Å². The highest BCUT2D eigenvalue weighted by Crippen LogP contribution is 2.56. The van der Waals surface area contributed by atoms with Crippen molar-refractivity contribution in [1.29, 1.82) is 0 Å². The van der Waals surface area contributed by atoms with E-state index < -0.39 is 0 Å². The standard InChI is InChI=1S/C82H116N2O2/c1-5-9-13-17-21-25-29-33-37-45-53-81(54-46-38-34-30-26-22-18-14-10-6-2)71-51-43-41-49-63(71)65-57-67-77(61-73(65)81)83-75-59-70-76(60-69(75)79(67)85)84-78-62-74-66(58-68(78)80(70)86)64-50-42-44-52-72(64)82(74,55-47-39-35-31-27-23-19-15-11-7-3)56-48-40-36-32-28-24-20-16-12-8-4/h41-44,49-52,57-62H,5-40,45-48,53-56H2,1-4H3,(H,83,85)(H,84,86). The molecule has 86 heavy (non-hydrogen) atoms. The molecule has 0 spiro atoms. The molecule has 9 rings (SSSR count). The third-order valence-electron chi connectivity index (χ3n) is 21.3. The van der Waals surface area contributed by atoms with E-state index >= 15 is 9.59 Å². The SMILES string of the molecule is CCCCCCCCCCCCC1(CCCCCCCCCCCC)c2ccccc2-c2cc3c(=O)c4cc5[nH]c6cc7c(cc6c(=O)c5cc4[nH]c3cc21)-c1ccccc1C7(CCCCCCCCCCCC)CCCCCCCCCCCC. The Morgan fingerprint density at radius 2 is 0.488 bits per heavy atom. The first-order valence-electron chi connectivity index (χ1n) is 36.8. The highest BCUT2D eigenvalue weighted by molar-refractivity contribution is 6.05. The van der Waals surface area contributed by atoms with Gasteiger partial charge in [-0.3, -0.25) is 9.59 Å². The molecule has 466 valence electrons. The first-order chi connectivity index (χ1) is 42.4. The third-order valence-corrected chi connectivity index (χ3v) is 21.3. The zero-order chi connectivity index (χ0) is 59.8. The van der Waals surface area contributed by atoms with E-state index in [0.29, 0.717) is 10.8 Å². The second-order valence-corrected chi connectivity index (χ2v) is 27.7. The average molecular weight is 1160 g/mol. The van der Waals surface area contributed by atoms with Crippen molar-refractivity contribution in [3.05, 3.63) is 128 Å². The number of nitrogens with one attached hydrogen (secondary N) is 2. The number of rotatable bonds is 44. The van der Waals surface area contributed by atoms with E-state index in [4.69, 9.17) is 0 Å². The molecule has 0 saturated carbocycles. The predicted molar refractivity (Wildman–Crippen MR) is 376 cm³/mol. The number of unbranched alkanes of at least 4 members (excludes halogenated alkanes) is 36. The minimum atomic E-state index is -0.0946. The molecular formula is C82H116N2O2. The first kappa shape index (κ1) is 65.5. The van der Waals surface area contributed by atoms with E-state index in [-0.39, 0.29) is 21.7 Å². The Morgan fingerprint density at radius 3 is 0.767 bits per heavy atom. The maximum absolute atomic E-state index is 15.2. The third kappa shape index (κ3) is 16.1. The van der Waals surface area contributed by atoms with E-state index in [1.165, 1.54) is 301 Å². The lowest BCUT2D eigenvalue weighted by Gasteiger charge is -2.33. The molecule has 2 aliphatic rings. The van der Waals surface area contributed by atoms with Crippen LogP contribution in [-0.2, 0) is 10.8 Å². The van der Waals surface area contributed by atoms with Crippen molar-refractivity contribution in [3.63, 3.8) is 0 Å². The van der Waals surface area contributed by atoms with Gasteiger partial charge in [-0.05, 0) is 107 Å². The molecule has 0 saturated heterocycles. The molecule has 7 aromatic rings. The van der Waals surface area contributed by atoms with Gasteiger partial charge in [0.15, 0.2) is 10.9 Å². The van der Waals surface area contributed by atoms with Crippen LogP contribution < -0.4 is 10.9 Å². The van der Waals surface area contributed by atoms with Crippen LogP contribution in [0.5, 0.6) is 0 Å². The van der Waals surface area contributed by atoms with Crippen LogP contribution in [0.15, 0.2) is 94.5 Å². The Morgan fingerprint density at radius 1 is 0.256 bits per heavy atom. The molecular weight excluding hydrogens is 1040 g/mol. The van der Waals surface area contributed by atoms with Gasteiger partial charge in [-0.2, -0.15) is 0 Å². The number of benzene rings is 5. The Balaban J connectivity index is 1.02. The summed E-state index contributed by atoms with van der Waals surface area (Å²) in [5.41, 5.74) is 13.9. The lowest BCUT2D eigenvalue weighted by molar-refractivity contribution is 0.397. The van der Waals surface area contributed by atoms with Crippen LogP contribution in [0, 0.1) is 0 Å². The molecule has 2 aliphatic carbocycles. The average Bonchev–Trinajstić information content (AvgIpc) is 1.58. The summed E-state index contributed by atoms with van der Waals surface area (Å²) in [5, 5.41) is 2.75. The summed E-state index contributed by atoms with van der Waals surface area (Å²) in [6.45, 7) is 9.23. The van der Waals surface area contributed by atoms with Gasteiger partial charge in [0.2, 0.25) is 0 Å². The Labute approximate surface area is 521 Å². The largest absolute Gasteiger partial charge is 0.354 e. The molecule has 2 aromatic heterocycles. The summed E-state index contributed by atoms with van der Waals surface area (Å²) in [6, 6.07) is 31.7. The number of aromatic nitrogens is 2. The molecule has 5 aromatic carbocycles. The second kappa shape index (κ2) is 34.1. The quantitative estimate of drug-likeness (QED) is 0.0295. The van der Waals surface area contributed by atoms with E-state index in [2.05, 4.69) is 110 Å². The summed E-state index contributed by atoms with van der Waals surface area (Å²) in [4.78, 5) is 38.1. The van der Waals surface area contributed by atoms with Gasteiger partial charge in [0.25, 0.3) is 0 Å². The van der Waals surface area contributed by atoms with Crippen molar-refractivity contribution < 1.29 is 0 Å². The van der Waals surface area contributed by atoms with Crippen LogP contribution in [0.3, 0.4) is 0 Å². The van der Waals surface area contributed by atoms with Crippen LogP contribution in [-0.4, -0.2) is 9.97 Å². The predicted octanol–water partition coefficient (Wildman–Crippen LogP) is 25.5. The maximum atomic E-state index is 15.2. The molecule has 2 heterocycles. The van der Waals surface area contributed by atoms with Crippen LogP contribution in [0.1, 0.15) is 332 Å². The highest BCUT2D eigenvalue weighted by atomic mass is 16.1. The zero-order valence-electron chi connectivity index (χ0n) is 55.0. The fourth-order valence-corrected chi connectivity index (χ4v) is 16.3. The molecule has 0 aliphatic heterocycles. The topological polar surface area (TPSA) is 65.7 Å². The van der Waals surface area contributed by atoms with Gasteiger partial charge < -0.3 is 9.97 Å². The summed E-state index contributed by atoms with van der Waals surface area (Å²) in [7, 11) is 0. The van der Waals surface area contributed by atoms with Crippen LogP contribution >= 0.6 is 0 Å². The normalized spacial score (nSPS) is 13.8. The zero-order valence-corrected chi connectivity index (χ0v) is 55.0. The first-order valence-corrected chi connectivity index (χ1v) is 36.8. The van der Waals surface area contributed by atoms with Gasteiger partial charge in [-0.25, -0.2) is 0 Å². The van der Waals surface area contributed by atoms with Crippen molar-refractivity contribution in [2.75, 3.05) is 0 Å². The van der Waals surface area contributed by atoms with Crippen LogP contribution in [0.25, 0.3) is 65.9 Å². The molecule has 0 bridgehead atoms. The van der Waals surface area contributed by atoms with Gasteiger partial charge in [-0.1, -0.05) is 333 Å². The number of H-pyrrole nitrogens is 2. The van der Waals surface area contributed by atoms with Crippen molar-refractivity contribution in [3.8, 4) is 22.3 Å². The van der Waals surface area contributed by atoms with Gasteiger partial charge in [0.1, 0.15) is 0 Å². The van der Waals surface area contributed by atoms with Crippen molar-refractivity contribution >= 4 is 43.6 Å². The number of pyridine rings is 2. The van der Waals surface area contributed by atoms with Crippen molar-refractivity contribution in [2.45, 2.75) is 321 Å². The Bertz CT molecular complexity index is 3050. The lowest BCUT2D eigenvalue weighted by Crippen LogP contribution is -2.25. The lowest BCUT2D eigenvalue weighted by atomic mass is 9.70. The minimum absolute atomic E-state index is 0.0372. The fourth-order valence-electron chi connectivity index (χ4n) is 16.3. The van der Waals surface area contributed by atoms with E-state index in [1.807, 2.05) is 12.1 Å². The van der Waals surface area contributed by atoms with Crippen molar-refractivity contribution in [1.82, 2.24) is 9.97 Å². The van der Waals surface area contributed by atoms with Crippen LogP contribution in [0.4, 0.5) is 0 Å². The maximum Gasteiger partial charge on any atom is 0.197 e. The molecule has 0 amide bonds. The number of fused-ring (bicyclic) bond motifs is 10. The molecule has 0 unspecified atom stereocenters. The summed E-state index contributed by atoms with van der Waals surface area (Å²) >= 11 is 0. The van der Waals surface area contributed by atoms with Gasteiger partial charge in [-0.15, -0.1) is 0 Å². The Hall–Kier alpha value is -4.96.